The Labute approximate surface area is 108 Å². The standard InChI is InChI=1S/C11H15BrN2OS/c12-7-5-6-16-10(7)11(15)14-9-4-2-1-3-8(9)13/h5-6,8-9H,1-4,13H2,(H,14,15)/t8-,9-/m1/s1. The minimum Gasteiger partial charge on any atom is -0.347 e. The monoisotopic (exact) mass is 302 g/mol. The molecule has 2 atom stereocenters. The first kappa shape index (κ1) is 12.1. The predicted octanol–water partition coefficient (Wildman–Crippen LogP) is 2.51. The topological polar surface area (TPSA) is 55.1 Å². The summed E-state index contributed by atoms with van der Waals surface area (Å²) in [5, 5.41) is 4.93. The highest BCUT2D eigenvalue weighted by Crippen LogP contribution is 2.23. The highest BCUT2D eigenvalue weighted by molar-refractivity contribution is 9.10. The van der Waals surface area contributed by atoms with Crippen molar-refractivity contribution in [1.82, 2.24) is 5.32 Å². The Morgan fingerprint density at radius 2 is 2.25 bits per heavy atom. The Bertz CT molecular complexity index is 380. The lowest BCUT2D eigenvalue weighted by molar-refractivity contribution is 0.0924. The molecule has 1 aliphatic carbocycles. The van der Waals surface area contributed by atoms with Gasteiger partial charge < -0.3 is 11.1 Å². The number of nitrogens with one attached hydrogen (secondary N) is 1. The van der Waals surface area contributed by atoms with E-state index in [1.807, 2.05) is 11.4 Å². The zero-order valence-electron chi connectivity index (χ0n) is 8.91. The second-order valence-corrected chi connectivity index (χ2v) is 5.90. The molecule has 1 aliphatic rings. The largest absolute Gasteiger partial charge is 0.347 e. The number of nitrogens with two attached hydrogens (primary N) is 1. The second-order valence-electron chi connectivity index (χ2n) is 4.13. The normalized spacial score (nSPS) is 25.4. The van der Waals surface area contributed by atoms with Crippen molar-refractivity contribution >= 4 is 33.2 Å². The van der Waals surface area contributed by atoms with E-state index in [1.165, 1.54) is 17.8 Å². The van der Waals surface area contributed by atoms with Gasteiger partial charge in [-0.3, -0.25) is 4.79 Å². The van der Waals surface area contributed by atoms with E-state index < -0.39 is 0 Å². The fourth-order valence-electron chi connectivity index (χ4n) is 2.03. The molecule has 1 saturated carbocycles. The third kappa shape index (κ3) is 2.64. The molecule has 3 nitrogen and oxygen atoms in total. The smallest absolute Gasteiger partial charge is 0.262 e. The lowest BCUT2D eigenvalue weighted by Crippen LogP contribution is -2.49. The zero-order chi connectivity index (χ0) is 11.5. The van der Waals surface area contributed by atoms with Crippen molar-refractivity contribution in [2.75, 3.05) is 0 Å². The van der Waals surface area contributed by atoms with Crippen LogP contribution in [-0.2, 0) is 0 Å². The molecule has 0 bridgehead atoms. The molecule has 1 aromatic rings. The summed E-state index contributed by atoms with van der Waals surface area (Å²) < 4.78 is 0.861. The van der Waals surface area contributed by atoms with E-state index in [2.05, 4.69) is 21.2 Å². The number of halogens is 1. The lowest BCUT2D eigenvalue weighted by atomic mass is 9.91. The summed E-state index contributed by atoms with van der Waals surface area (Å²) in [7, 11) is 0. The van der Waals surface area contributed by atoms with Gasteiger partial charge in [0.1, 0.15) is 4.88 Å². The summed E-state index contributed by atoms with van der Waals surface area (Å²) in [6.07, 6.45) is 4.34. The van der Waals surface area contributed by atoms with Gasteiger partial charge in [-0.2, -0.15) is 0 Å². The van der Waals surface area contributed by atoms with Crippen molar-refractivity contribution in [3.05, 3.63) is 20.8 Å². The van der Waals surface area contributed by atoms with Crippen molar-refractivity contribution in [3.8, 4) is 0 Å². The van der Waals surface area contributed by atoms with Gasteiger partial charge in [-0.1, -0.05) is 12.8 Å². The van der Waals surface area contributed by atoms with Gasteiger partial charge in [0.2, 0.25) is 0 Å². The Balaban J connectivity index is 1.99. The predicted molar refractivity (Wildman–Crippen MR) is 69.7 cm³/mol. The van der Waals surface area contributed by atoms with Crippen LogP contribution < -0.4 is 11.1 Å². The maximum absolute atomic E-state index is 12.0. The average Bonchev–Trinajstić information content (AvgIpc) is 2.68. The Hall–Kier alpha value is -0.390. The molecule has 0 saturated heterocycles. The molecule has 1 fully saturated rings. The van der Waals surface area contributed by atoms with E-state index >= 15 is 0 Å². The van der Waals surface area contributed by atoms with Gasteiger partial charge in [0, 0.05) is 16.6 Å². The molecule has 16 heavy (non-hydrogen) atoms. The molecule has 1 aromatic heterocycles. The first-order valence-electron chi connectivity index (χ1n) is 5.48. The van der Waals surface area contributed by atoms with Crippen LogP contribution in [-0.4, -0.2) is 18.0 Å². The molecule has 5 heteroatoms. The van der Waals surface area contributed by atoms with E-state index in [9.17, 15) is 4.79 Å². The maximum atomic E-state index is 12.0. The SMILES string of the molecule is N[C@@H]1CCCC[C@H]1NC(=O)c1sccc1Br. The van der Waals surface area contributed by atoms with Crippen molar-refractivity contribution in [1.29, 1.82) is 0 Å². The summed E-state index contributed by atoms with van der Waals surface area (Å²) >= 11 is 4.81. The Kier molecular flexibility index (Phi) is 4.00. The Morgan fingerprint density at radius 3 is 2.88 bits per heavy atom. The molecule has 88 valence electrons. The fourth-order valence-corrected chi connectivity index (χ4v) is 3.48. The number of carbonyl (C=O) groups excluding carboxylic acids is 1. The quantitative estimate of drug-likeness (QED) is 0.882. The van der Waals surface area contributed by atoms with E-state index in [0.717, 1.165) is 28.6 Å². The second kappa shape index (κ2) is 5.29. The van der Waals surface area contributed by atoms with Crippen LogP contribution in [0.3, 0.4) is 0 Å². The van der Waals surface area contributed by atoms with Crippen LogP contribution in [0.1, 0.15) is 35.4 Å². The zero-order valence-corrected chi connectivity index (χ0v) is 11.3. The van der Waals surface area contributed by atoms with Gasteiger partial charge in [0.25, 0.3) is 5.91 Å². The summed E-state index contributed by atoms with van der Waals surface area (Å²) in [5.41, 5.74) is 6.00. The van der Waals surface area contributed by atoms with Gasteiger partial charge in [-0.15, -0.1) is 11.3 Å². The van der Waals surface area contributed by atoms with E-state index in [-0.39, 0.29) is 18.0 Å². The molecule has 3 N–H and O–H groups in total. The van der Waals surface area contributed by atoms with Crippen molar-refractivity contribution in [2.24, 2.45) is 5.73 Å². The maximum Gasteiger partial charge on any atom is 0.262 e. The lowest BCUT2D eigenvalue weighted by Gasteiger charge is -2.29. The highest BCUT2D eigenvalue weighted by atomic mass is 79.9. The van der Waals surface area contributed by atoms with Gasteiger partial charge in [0.05, 0.1) is 0 Å². The van der Waals surface area contributed by atoms with Crippen LogP contribution in [0.2, 0.25) is 0 Å². The molecule has 0 aliphatic heterocycles. The molecular weight excluding hydrogens is 288 g/mol. The molecule has 1 amide bonds. The minimum absolute atomic E-state index is 0.00998. The molecule has 2 rings (SSSR count). The van der Waals surface area contributed by atoms with Crippen LogP contribution in [0.15, 0.2) is 15.9 Å². The van der Waals surface area contributed by atoms with Crippen LogP contribution in [0, 0.1) is 0 Å². The minimum atomic E-state index is -0.00998. The molecule has 0 spiro atoms. The molecule has 1 heterocycles. The Morgan fingerprint density at radius 1 is 1.50 bits per heavy atom. The van der Waals surface area contributed by atoms with Crippen LogP contribution in [0.5, 0.6) is 0 Å². The van der Waals surface area contributed by atoms with Crippen LogP contribution in [0.4, 0.5) is 0 Å². The van der Waals surface area contributed by atoms with Crippen molar-refractivity contribution in [2.45, 2.75) is 37.8 Å². The first-order chi connectivity index (χ1) is 7.68. The molecule has 0 aromatic carbocycles. The first-order valence-corrected chi connectivity index (χ1v) is 7.15. The van der Waals surface area contributed by atoms with Crippen LogP contribution in [0.25, 0.3) is 0 Å². The van der Waals surface area contributed by atoms with Gasteiger partial charge >= 0.3 is 0 Å². The molecule has 0 radical (unpaired) electrons. The number of carbonyl (C=O) groups is 1. The average molecular weight is 303 g/mol. The van der Waals surface area contributed by atoms with Gasteiger partial charge in [0.15, 0.2) is 0 Å². The number of hydrogen-bond donors (Lipinski definition) is 2. The van der Waals surface area contributed by atoms with Gasteiger partial charge in [-0.05, 0) is 40.2 Å². The number of thiophene rings is 1. The van der Waals surface area contributed by atoms with Gasteiger partial charge in [-0.25, -0.2) is 0 Å². The van der Waals surface area contributed by atoms with E-state index in [4.69, 9.17) is 5.73 Å². The highest BCUT2D eigenvalue weighted by Gasteiger charge is 2.24. The third-order valence-corrected chi connectivity index (χ3v) is 4.80. The van der Waals surface area contributed by atoms with E-state index in [0.29, 0.717) is 0 Å². The van der Waals surface area contributed by atoms with E-state index in [1.54, 1.807) is 0 Å². The fraction of sp³-hybridized carbons (Fsp3) is 0.545. The summed E-state index contributed by atoms with van der Waals surface area (Å²) in [6, 6.07) is 2.13. The summed E-state index contributed by atoms with van der Waals surface area (Å²) in [4.78, 5) is 12.7. The molecular formula is C11H15BrN2OS. The number of hydrogen-bond acceptors (Lipinski definition) is 3. The summed E-state index contributed by atoms with van der Waals surface area (Å²) in [6.45, 7) is 0. The van der Waals surface area contributed by atoms with Crippen molar-refractivity contribution in [3.63, 3.8) is 0 Å². The number of rotatable bonds is 2. The third-order valence-electron chi connectivity index (χ3n) is 2.96. The molecule has 0 unspecified atom stereocenters. The summed E-state index contributed by atoms with van der Waals surface area (Å²) in [5.74, 6) is -0.00998. The number of amides is 1. The van der Waals surface area contributed by atoms with Crippen LogP contribution >= 0.6 is 27.3 Å². The van der Waals surface area contributed by atoms with Crippen molar-refractivity contribution < 1.29 is 4.79 Å².